The number of nitrogens with one attached hydrogen (secondary N) is 2. The summed E-state index contributed by atoms with van der Waals surface area (Å²) < 4.78 is 35.7. The number of benzene rings is 2. The summed E-state index contributed by atoms with van der Waals surface area (Å²) >= 11 is 0. The molecule has 1 amide bonds. The molecule has 2 heterocycles. The predicted octanol–water partition coefficient (Wildman–Crippen LogP) is 5.62. The van der Waals surface area contributed by atoms with Gasteiger partial charge in [0.05, 0.1) is 17.1 Å². The van der Waals surface area contributed by atoms with E-state index in [1.807, 2.05) is 54.8 Å². The Morgan fingerprint density at radius 1 is 1.07 bits per heavy atom. The molecule has 1 unspecified atom stereocenters. The topological polar surface area (TPSA) is 119 Å². The van der Waals surface area contributed by atoms with Gasteiger partial charge in [-0.3, -0.25) is 9.52 Å². The Morgan fingerprint density at radius 3 is 2.39 bits per heavy atom. The number of hydrogen-bond acceptors (Lipinski definition) is 6. The second-order valence-corrected chi connectivity index (χ2v) is 12.1. The Balaban J connectivity index is 1.58. The standard InChI is InChI=1S/C31H39N5O4S/c1-7-11-28-33-27(8-2)29(30(37)32-6)36(28)18-23-14-16-24(17-15-23)26-13-10-9-12-25(26)20(3)19-41(38,39)35-31-21(4)22(5)34-40-31/h9-10,12-17,20,35H,7-8,11,18-19H2,1-6H3,(H,32,37). The molecule has 0 bridgehead atoms. The van der Waals surface area contributed by atoms with Crippen molar-refractivity contribution in [3.8, 4) is 11.1 Å². The number of aromatic nitrogens is 3. The first-order valence-electron chi connectivity index (χ1n) is 14.0. The van der Waals surface area contributed by atoms with Crippen molar-refractivity contribution in [1.29, 1.82) is 0 Å². The smallest absolute Gasteiger partial charge is 0.269 e. The number of aryl methyl sites for hydroxylation is 3. The molecule has 2 N–H and O–H groups in total. The normalized spacial score (nSPS) is 12.3. The van der Waals surface area contributed by atoms with E-state index in [4.69, 9.17) is 9.51 Å². The number of carbonyl (C=O) groups is 1. The number of hydrogen-bond donors (Lipinski definition) is 2. The number of imidazole rings is 1. The molecule has 0 spiro atoms. The Labute approximate surface area is 242 Å². The van der Waals surface area contributed by atoms with Crippen molar-refractivity contribution >= 4 is 21.8 Å². The van der Waals surface area contributed by atoms with Crippen LogP contribution in [0.2, 0.25) is 0 Å². The highest BCUT2D eigenvalue weighted by molar-refractivity contribution is 7.92. The molecular weight excluding hydrogens is 538 g/mol. The molecule has 4 rings (SSSR count). The second kappa shape index (κ2) is 12.7. The van der Waals surface area contributed by atoms with Crippen LogP contribution in [0, 0.1) is 13.8 Å². The maximum absolute atomic E-state index is 13.0. The van der Waals surface area contributed by atoms with Crippen molar-refractivity contribution in [3.05, 3.63) is 88.1 Å². The number of sulfonamides is 1. The third kappa shape index (κ3) is 6.70. The minimum atomic E-state index is -3.68. The van der Waals surface area contributed by atoms with Crippen molar-refractivity contribution in [2.24, 2.45) is 0 Å². The molecule has 218 valence electrons. The lowest BCUT2D eigenvalue weighted by atomic mass is 9.92. The SMILES string of the molecule is CCCc1nc(CC)c(C(=O)NC)n1Cc1ccc(-c2ccccc2C(C)CS(=O)(=O)Nc2onc(C)c2C)cc1. The number of rotatable bonds is 12. The van der Waals surface area contributed by atoms with Crippen LogP contribution >= 0.6 is 0 Å². The molecule has 0 saturated heterocycles. The first kappa shape index (κ1) is 30.0. The van der Waals surface area contributed by atoms with Crippen LogP contribution in [0.1, 0.15) is 77.5 Å². The summed E-state index contributed by atoms with van der Waals surface area (Å²) in [5, 5.41) is 6.60. The van der Waals surface area contributed by atoms with Crippen LogP contribution < -0.4 is 10.0 Å². The zero-order chi connectivity index (χ0) is 29.7. The molecule has 2 aromatic heterocycles. The molecule has 2 aromatic carbocycles. The van der Waals surface area contributed by atoms with Gasteiger partial charge >= 0.3 is 0 Å². The van der Waals surface area contributed by atoms with E-state index in [0.29, 0.717) is 29.9 Å². The zero-order valence-electron chi connectivity index (χ0n) is 24.6. The molecule has 0 aliphatic rings. The minimum Gasteiger partial charge on any atom is -0.354 e. The summed E-state index contributed by atoms with van der Waals surface area (Å²) in [6.07, 6.45) is 2.41. The quantitative estimate of drug-likeness (QED) is 0.225. The van der Waals surface area contributed by atoms with Gasteiger partial charge in [-0.1, -0.05) is 74.5 Å². The lowest BCUT2D eigenvalue weighted by molar-refractivity contribution is 0.0953. The fourth-order valence-corrected chi connectivity index (χ4v) is 6.43. The summed E-state index contributed by atoms with van der Waals surface area (Å²) in [5.41, 5.74) is 6.70. The summed E-state index contributed by atoms with van der Waals surface area (Å²) in [7, 11) is -2.04. The van der Waals surface area contributed by atoms with Gasteiger partial charge in [-0.15, -0.1) is 0 Å². The van der Waals surface area contributed by atoms with Gasteiger partial charge in [0.2, 0.25) is 15.9 Å². The number of anilines is 1. The monoisotopic (exact) mass is 577 g/mol. The second-order valence-electron chi connectivity index (χ2n) is 10.4. The van der Waals surface area contributed by atoms with Crippen LogP contribution in [0.5, 0.6) is 0 Å². The van der Waals surface area contributed by atoms with Gasteiger partial charge in [0, 0.05) is 25.6 Å². The summed E-state index contributed by atoms with van der Waals surface area (Å²) in [5.74, 6) is 0.553. The Bertz CT molecular complexity index is 1620. The molecule has 10 heteroatoms. The maximum atomic E-state index is 13.0. The summed E-state index contributed by atoms with van der Waals surface area (Å²) in [4.78, 5) is 17.5. The van der Waals surface area contributed by atoms with Crippen molar-refractivity contribution < 1.29 is 17.7 Å². The van der Waals surface area contributed by atoms with Crippen molar-refractivity contribution in [3.63, 3.8) is 0 Å². The highest BCUT2D eigenvalue weighted by atomic mass is 32.2. The predicted molar refractivity (Wildman–Crippen MR) is 162 cm³/mol. The Kier molecular flexibility index (Phi) is 9.32. The maximum Gasteiger partial charge on any atom is 0.269 e. The van der Waals surface area contributed by atoms with E-state index in [-0.39, 0.29) is 23.5 Å². The summed E-state index contributed by atoms with van der Waals surface area (Å²) in [6.45, 7) is 10.1. The molecule has 0 fully saturated rings. The van der Waals surface area contributed by atoms with Crippen molar-refractivity contribution in [1.82, 2.24) is 20.0 Å². The van der Waals surface area contributed by atoms with Gasteiger partial charge < -0.3 is 14.4 Å². The van der Waals surface area contributed by atoms with E-state index in [1.165, 1.54) is 0 Å². The molecule has 41 heavy (non-hydrogen) atoms. The molecular formula is C31H39N5O4S. The molecule has 0 aliphatic heterocycles. The Hall–Kier alpha value is -3.92. The number of carbonyl (C=O) groups excluding carboxylic acids is 1. The third-order valence-corrected chi connectivity index (χ3v) is 8.78. The van der Waals surface area contributed by atoms with Gasteiger partial charge in [0.15, 0.2) is 0 Å². The molecule has 9 nitrogen and oxygen atoms in total. The van der Waals surface area contributed by atoms with E-state index < -0.39 is 10.0 Å². The third-order valence-electron chi connectivity index (χ3n) is 7.34. The first-order chi connectivity index (χ1) is 19.6. The van der Waals surface area contributed by atoms with Crippen LogP contribution in [0.4, 0.5) is 5.88 Å². The number of amides is 1. The van der Waals surface area contributed by atoms with Gasteiger partial charge in [-0.25, -0.2) is 13.4 Å². The van der Waals surface area contributed by atoms with Gasteiger partial charge in [-0.2, -0.15) is 0 Å². The summed E-state index contributed by atoms with van der Waals surface area (Å²) in [6, 6.07) is 16.1. The van der Waals surface area contributed by atoms with Crippen LogP contribution in [0.25, 0.3) is 11.1 Å². The largest absolute Gasteiger partial charge is 0.354 e. The van der Waals surface area contributed by atoms with Crippen LogP contribution in [-0.2, 0) is 29.4 Å². The molecule has 1 atom stereocenters. The van der Waals surface area contributed by atoms with Crippen LogP contribution in [0.15, 0.2) is 53.1 Å². The van der Waals surface area contributed by atoms with E-state index in [9.17, 15) is 13.2 Å². The van der Waals surface area contributed by atoms with E-state index in [2.05, 4.69) is 34.3 Å². The lowest BCUT2D eigenvalue weighted by Gasteiger charge is -2.18. The van der Waals surface area contributed by atoms with E-state index in [0.717, 1.165) is 46.6 Å². The molecule has 0 radical (unpaired) electrons. The van der Waals surface area contributed by atoms with Gasteiger partial charge in [0.25, 0.3) is 5.91 Å². The first-order valence-corrected chi connectivity index (χ1v) is 15.7. The molecule has 0 aliphatic carbocycles. The highest BCUT2D eigenvalue weighted by Gasteiger charge is 2.23. The minimum absolute atomic E-state index is 0.107. The fourth-order valence-electron chi connectivity index (χ4n) is 5.03. The zero-order valence-corrected chi connectivity index (χ0v) is 25.4. The number of nitrogens with zero attached hydrogens (tertiary/aromatic N) is 3. The average molecular weight is 578 g/mol. The van der Waals surface area contributed by atoms with E-state index in [1.54, 1.807) is 20.9 Å². The van der Waals surface area contributed by atoms with E-state index >= 15 is 0 Å². The van der Waals surface area contributed by atoms with Gasteiger partial charge in [0.1, 0.15) is 11.5 Å². The van der Waals surface area contributed by atoms with Crippen molar-refractivity contribution in [2.75, 3.05) is 17.5 Å². The molecule has 4 aromatic rings. The van der Waals surface area contributed by atoms with Crippen LogP contribution in [0.3, 0.4) is 0 Å². The van der Waals surface area contributed by atoms with Crippen molar-refractivity contribution in [2.45, 2.75) is 66.3 Å². The average Bonchev–Trinajstić information content (AvgIpc) is 3.46. The molecule has 0 saturated carbocycles. The van der Waals surface area contributed by atoms with Crippen LogP contribution in [-0.4, -0.2) is 41.8 Å². The fraction of sp³-hybridized carbons (Fsp3) is 0.387. The van der Waals surface area contributed by atoms with Gasteiger partial charge in [-0.05, 0) is 54.9 Å². The highest BCUT2D eigenvalue weighted by Crippen LogP contribution is 2.31. The lowest BCUT2D eigenvalue weighted by Crippen LogP contribution is -2.24. The Morgan fingerprint density at radius 2 is 1.78 bits per heavy atom.